The van der Waals surface area contributed by atoms with Crippen molar-refractivity contribution in [1.29, 1.82) is 0 Å². The molecule has 0 radical (unpaired) electrons. The Morgan fingerprint density at radius 1 is 1.36 bits per heavy atom. The summed E-state index contributed by atoms with van der Waals surface area (Å²) in [6, 6.07) is 7.91. The number of nitrogens with two attached hydrogens (primary N) is 1. The Kier molecular flexibility index (Phi) is 6.68. The molecule has 2 aromatic rings. The molecule has 3 N–H and O–H groups in total. The van der Waals surface area contributed by atoms with Crippen molar-refractivity contribution in [3.63, 3.8) is 0 Å². The topological polar surface area (TPSA) is 111 Å². The zero-order chi connectivity index (χ0) is 20.1. The molecule has 1 unspecified atom stereocenters. The number of nitrogens with zero attached hydrogens (tertiary/aromatic N) is 1. The zero-order valence-electron chi connectivity index (χ0n) is 15.5. The van der Waals surface area contributed by atoms with E-state index in [-0.39, 0.29) is 28.8 Å². The lowest BCUT2D eigenvalue weighted by atomic mass is 10.2. The maximum atomic E-state index is 12.8. The largest absolute Gasteiger partial charge is 0.496 e. The Hall–Kier alpha value is -1.98. The van der Waals surface area contributed by atoms with Gasteiger partial charge < -0.3 is 15.2 Å². The lowest BCUT2D eigenvalue weighted by Crippen LogP contribution is -2.43. The molecule has 0 aliphatic carbocycles. The summed E-state index contributed by atoms with van der Waals surface area (Å²) >= 11 is 1.59. The number of carbonyl (C=O) groups excluding carboxylic acids is 1. The van der Waals surface area contributed by atoms with E-state index >= 15 is 0 Å². The Morgan fingerprint density at radius 3 is 2.71 bits per heavy atom. The molecule has 3 rings (SSSR count). The summed E-state index contributed by atoms with van der Waals surface area (Å²) in [6.45, 7) is 2.92. The number of morpholine rings is 1. The van der Waals surface area contributed by atoms with Crippen molar-refractivity contribution in [2.45, 2.75) is 10.9 Å². The van der Waals surface area contributed by atoms with Gasteiger partial charge in [-0.15, -0.1) is 11.3 Å². The van der Waals surface area contributed by atoms with E-state index in [9.17, 15) is 13.2 Å². The van der Waals surface area contributed by atoms with Crippen molar-refractivity contribution < 1.29 is 22.7 Å². The molecule has 1 aromatic heterocycles. The van der Waals surface area contributed by atoms with E-state index in [0.717, 1.165) is 18.0 Å². The van der Waals surface area contributed by atoms with Crippen LogP contribution in [0.4, 0.5) is 0 Å². The third-order valence-corrected chi connectivity index (χ3v) is 6.97. The highest BCUT2D eigenvalue weighted by Gasteiger charge is 2.26. The van der Waals surface area contributed by atoms with Crippen molar-refractivity contribution in [2.24, 2.45) is 5.73 Å². The van der Waals surface area contributed by atoms with Crippen molar-refractivity contribution in [3.8, 4) is 5.75 Å². The molecule has 152 valence electrons. The summed E-state index contributed by atoms with van der Waals surface area (Å²) < 4.78 is 38.8. The molecular weight excluding hydrogens is 402 g/mol. The molecule has 28 heavy (non-hydrogen) atoms. The summed E-state index contributed by atoms with van der Waals surface area (Å²) in [5.74, 6) is -0.519. The van der Waals surface area contributed by atoms with Gasteiger partial charge in [0.25, 0.3) is 5.91 Å². The Balaban J connectivity index is 1.80. The van der Waals surface area contributed by atoms with E-state index in [1.165, 1.54) is 25.3 Å². The van der Waals surface area contributed by atoms with Crippen LogP contribution in [-0.2, 0) is 14.8 Å². The number of carbonyl (C=O) groups is 1. The third-order valence-electron chi connectivity index (χ3n) is 4.57. The molecule has 1 aromatic carbocycles. The summed E-state index contributed by atoms with van der Waals surface area (Å²) in [4.78, 5) is 14.9. The minimum atomic E-state index is -3.83. The Labute approximate surface area is 168 Å². The minimum Gasteiger partial charge on any atom is -0.496 e. The molecule has 8 nitrogen and oxygen atoms in total. The first kappa shape index (κ1) is 20.7. The van der Waals surface area contributed by atoms with Crippen LogP contribution in [0.3, 0.4) is 0 Å². The lowest BCUT2D eigenvalue weighted by molar-refractivity contribution is 0.0179. The molecule has 1 fully saturated rings. The second kappa shape index (κ2) is 9.01. The van der Waals surface area contributed by atoms with Gasteiger partial charge in [-0.05, 0) is 29.6 Å². The maximum absolute atomic E-state index is 12.8. The van der Waals surface area contributed by atoms with E-state index in [1.807, 2.05) is 17.5 Å². The van der Waals surface area contributed by atoms with Crippen LogP contribution in [0.15, 0.2) is 40.6 Å². The number of hydrogen-bond donors (Lipinski definition) is 2. The molecule has 2 heterocycles. The normalized spacial score (nSPS) is 16.6. The Morgan fingerprint density at radius 2 is 2.11 bits per heavy atom. The van der Waals surface area contributed by atoms with E-state index in [0.29, 0.717) is 13.2 Å². The number of rotatable bonds is 8. The minimum absolute atomic E-state index is 0.0216. The second-order valence-electron chi connectivity index (χ2n) is 6.26. The molecule has 1 atom stereocenters. The van der Waals surface area contributed by atoms with E-state index in [4.69, 9.17) is 15.2 Å². The third kappa shape index (κ3) is 4.70. The zero-order valence-corrected chi connectivity index (χ0v) is 17.1. The van der Waals surface area contributed by atoms with Gasteiger partial charge in [0.2, 0.25) is 10.0 Å². The van der Waals surface area contributed by atoms with Crippen LogP contribution in [0, 0.1) is 0 Å². The quantitative estimate of drug-likeness (QED) is 0.658. The van der Waals surface area contributed by atoms with Crippen LogP contribution in [0.2, 0.25) is 0 Å². The standard InChI is InChI=1S/C18H23N3O5S2/c1-25-16-5-4-13(11-14(16)18(19)22)28(23,24)20-12-15(17-3-2-10-27-17)21-6-8-26-9-7-21/h2-5,10-11,15,20H,6-9,12H2,1H3,(H2,19,22). The molecule has 0 bridgehead atoms. The summed E-state index contributed by atoms with van der Waals surface area (Å²) in [7, 11) is -2.44. The van der Waals surface area contributed by atoms with Crippen molar-refractivity contribution >= 4 is 27.3 Å². The number of ether oxygens (including phenoxy) is 2. The smallest absolute Gasteiger partial charge is 0.252 e. The van der Waals surface area contributed by atoms with E-state index in [2.05, 4.69) is 9.62 Å². The fraction of sp³-hybridized carbons (Fsp3) is 0.389. The predicted octanol–water partition coefficient (Wildman–Crippen LogP) is 1.21. The maximum Gasteiger partial charge on any atom is 0.252 e. The van der Waals surface area contributed by atoms with E-state index < -0.39 is 15.9 Å². The number of amides is 1. The van der Waals surface area contributed by atoms with Gasteiger partial charge in [-0.25, -0.2) is 13.1 Å². The highest BCUT2D eigenvalue weighted by molar-refractivity contribution is 7.89. The van der Waals surface area contributed by atoms with Gasteiger partial charge in [0, 0.05) is 24.5 Å². The SMILES string of the molecule is COc1ccc(S(=O)(=O)NCC(c2cccs2)N2CCOCC2)cc1C(N)=O. The molecule has 1 amide bonds. The number of primary amides is 1. The summed E-state index contributed by atoms with van der Waals surface area (Å²) in [6.07, 6.45) is 0. The monoisotopic (exact) mass is 425 g/mol. The summed E-state index contributed by atoms with van der Waals surface area (Å²) in [5, 5.41) is 1.97. The average Bonchev–Trinajstić information content (AvgIpc) is 3.22. The van der Waals surface area contributed by atoms with Crippen molar-refractivity contribution in [3.05, 3.63) is 46.2 Å². The number of benzene rings is 1. The fourth-order valence-electron chi connectivity index (χ4n) is 3.10. The first-order chi connectivity index (χ1) is 13.4. The molecule has 1 aliphatic rings. The van der Waals surface area contributed by atoms with Gasteiger partial charge in [-0.2, -0.15) is 0 Å². The van der Waals surface area contributed by atoms with Crippen LogP contribution in [0.25, 0.3) is 0 Å². The second-order valence-corrected chi connectivity index (χ2v) is 9.00. The highest BCUT2D eigenvalue weighted by atomic mass is 32.2. The molecule has 0 saturated carbocycles. The van der Waals surface area contributed by atoms with Gasteiger partial charge in [-0.3, -0.25) is 9.69 Å². The number of thiophene rings is 1. The molecule has 0 spiro atoms. The molecule has 10 heteroatoms. The lowest BCUT2D eigenvalue weighted by Gasteiger charge is -2.34. The predicted molar refractivity (Wildman–Crippen MR) is 106 cm³/mol. The van der Waals surface area contributed by atoms with Crippen molar-refractivity contribution in [2.75, 3.05) is 40.0 Å². The van der Waals surface area contributed by atoms with Crippen molar-refractivity contribution in [1.82, 2.24) is 9.62 Å². The van der Waals surface area contributed by atoms with Gasteiger partial charge in [-0.1, -0.05) is 6.07 Å². The Bertz CT molecular complexity index is 909. The van der Waals surface area contributed by atoms with Gasteiger partial charge in [0.1, 0.15) is 5.75 Å². The molecular formula is C18H23N3O5S2. The van der Waals surface area contributed by atoms with Crippen LogP contribution >= 0.6 is 11.3 Å². The first-order valence-electron chi connectivity index (χ1n) is 8.75. The molecule has 1 saturated heterocycles. The van der Waals surface area contributed by atoms with Crippen LogP contribution in [-0.4, -0.2) is 59.2 Å². The molecule has 1 aliphatic heterocycles. The first-order valence-corrected chi connectivity index (χ1v) is 11.1. The fourth-order valence-corrected chi connectivity index (χ4v) is 5.02. The van der Waals surface area contributed by atoms with Gasteiger partial charge >= 0.3 is 0 Å². The summed E-state index contributed by atoms with van der Waals surface area (Å²) in [5.41, 5.74) is 5.36. The number of sulfonamides is 1. The number of hydrogen-bond acceptors (Lipinski definition) is 7. The average molecular weight is 426 g/mol. The van der Waals surface area contributed by atoms with Gasteiger partial charge in [0.15, 0.2) is 0 Å². The van der Waals surface area contributed by atoms with E-state index in [1.54, 1.807) is 11.3 Å². The van der Waals surface area contributed by atoms with Crippen LogP contribution in [0.1, 0.15) is 21.3 Å². The highest BCUT2D eigenvalue weighted by Crippen LogP contribution is 2.27. The number of nitrogens with one attached hydrogen (secondary N) is 1. The van der Waals surface area contributed by atoms with Gasteiger partial charge in [0.05, 0.1) is 36.8 Å². The number of methoxy groups -OCH3 is 1. The van der Waals surface area contributed by atoms with Crippen LogP contribution < -0.4 is 15.2 Å². The van der Waals surface area contributed by atoms with Crippen LogP contribution in [0.5, 0.6) is 5.75 Å².